The molecule has 110 valence electrons. The monoisotopic (exact) mass is 257 g/mol. The van der Waals surface area contributed by atoms with Crippen LogP contribution in [0.5, 0.6) is 0 Å². The third kappa shape index (κ3) is 15.9. The van der Waals surface area contributed by atoms with Crippen LogP contribution in [0.1, 0.15) is 57.8 Å². The lowest BCUT2D eigenvalue weighted by molar-refractivity contribution is -0.870. The number of hydrogen-bond acceptors (Lipinski definition) is 1. The van der Waals surface area contributed by atoms with Crippen molar-refractivity contribution < 1.29 is 4.48 Å². The highest BCUT2D eigenvalue weighted by Gasteiger charge is 2.04. The van der Waals surface area contributed by atoms with Crippen molar-refractivity contribution >= 4 is 0 Å². The second-order valence-electron chi connectivity index (χ2n) is 7.00. The molecule has 0 bridgehead atoms. The fourth-order valence-electron chi connectivity index (χ4n) is 2.25. The molecule has 2 heteroatoms. The first-order chi connectivity index (χ1) is 8.42. The first-order valence-corrected chi connectivity index (χ1v) is 7.87. The van der Waals surface area contributed by atoms with Gasteiger partial charge in [0, 0.05) is 0 Å². The number of quaternary nitrogens is 1. The molecule has 0 N–H and O–H groups in total. The van der Waals surface area contributed by atoms with E-state index < -0.39 is 0 Å². The summed E-state index contributed by atoms with van der Waals surface area (Å²) in [5, 5.41) is 0. The third-order valence-corrected chi connectivity index (χ3v) is 3.43. The smallest absolute Gasteiger partial charge is 0.0780 e. The zero-order valence-electron chi connectivity index (χ0n) is 13.7. The minimum Gasteiger partial charge on any atom is -0.331 e. The maximum atomic E-state index is 2.29. The van der Waals surface area contributed by atoms with Crippen molar-refractivity contribution in [3.8, 4) is 0 Å². The number of unbranched alkanes of at least 4 members (excludes halogenated alkanes) is 8. The van der Waals surface area contributed by atoms with Gasteiger partial charge in [-0.1, -0.05) is 38.5 Å². The zero-order chi connectivity index (χ0) is 13.9. The Morgan fingerprint density at radius 2 is 1.00 bits per heavy atom. The Balaban J connectivity index is 3.04. The molecule has 0 aliphatic rings. The first-order valence-electron chi connectivity index (χ1n) is 7.87. The van der Waals surface area contributed by atoms with Gasteiger partial charge in [-0.2, -0.15) is 0 Å². The molecule has 0 rings (SSSR count). The van der Waals surface area contributed by atoms with Gasteiger partial charge in [0.15, 0.2) is 0 Å². The van der Waals surface area contributed by atoms with E-state index in [1.54, 1.807) is 0 Å². The minimum atomic E-state index is 1.12. The van der Waals surface area contributed by atoms with Crippen LogP contribution in [0.3, 0.4) is 0 Å². The Bertz CT molecular complexity index is 170. The summed E-state index contributed by atoms with van der Waals surface area (Å²) in [7, 11) is 11.2. The third-order valence-electron chi connectivity index (χ3n) is 3.43. The van der Waals surface area contributed by atoms with E-state index in [0.717, 1.165) is 4.48 Å². The molecule has 0 radical (unpaired) electrons. The van der Waals surface area contributed by atoms with E-state index in [-0.39, 0.29) is 0 Å². The predicted molar refractivity (Wildman–Crippen MR) is 83.0 cm³/mol. The lowest BCUT2D eigenvalue weighted by Crippen LogP contribution is -2.35. The van der Waals surface area contributed by atoms with Gasteiger partial charge in [0.25, 0.3) is 0 Å². The van der Waals surface area contributed by atoms with Crippen LogP contribution in [0.2, 0.25) is 0 Å². The van der Waals surface area contributed by atoms with Crippen molar-refractivity contribution in [2.45, 2.75) is 57.8 Å². The van der Waals surface area contributed by atoms with Crippen molar-refractivity contribution in [2.75, 3.05) is 48.3 Å². The Labute approximate surface area is 116 Å². The van der Waals surface area contributed by atoms with Crippen molar-refractivity contribution in [1.29, 1.82) is 0 Å². The van der Waals surface area contributed by atoms with Gasteiger partial charge in [0.2, 0.25) is 0 Å². The van der Waals surface area contributed by atoms with Crippen molar-refractivity contribution in [1.82, 2.24) is 4.90 Å². The van der Waals surface area contributed by atoms with Crippen LogP contribution in [0.25, 0.3) is 0 Å². The topological polar surface area (TPSA) is 3.24 Å². The summed E-state index contributed by atoms with van der Waals surface area (Å²) in [6.45, 7) is 2.58. The van der Waals surface area contributed by atoms with E-state index in [4.69, 9.17) is 0 Å². The highest BCUT2D eigenvalue weighted by atomic mass is 15.3. The van der Waals surface area contributed by atoms with Crippen LogP contribution in [0.4, 0.5) is 0 Å². The Morgan fingerprint density at radius 3 is 1.39 bits per heavy atom. The molecule has 18 heavy (non-hydrogen) atoms. The van der Waals surface area contributed by atoms with E-state index in [1.165, 1.54) is 70.9 Å². The van der Waals surface area contributed by atoms with Crippen LogP contribution in [-0.4, -0.2) is 57.7 Å². The molecule has 0 aromatic rings. The molecule has 0 saturated carbocycles. The lowest BCUT2D eigenvalue weighted by atomic mass is 10.1. The average Bonchev–Trinajstić information content (AvgIpc) is 2.24. The summed E-state index contributed by atoms with van der Waals surface area (Å²) in [5.74, 6) is 0. The Kier molecular flexibility index (Phi) is 10.8. The summed E-state index contributed by atoms with van der Waals surface area (Å²) in [6, 6.07) is 0. The van der Waals surface area contributed by atoms with Crippen LogP contribution in [0.15, 0.2) is 0 Å². The number of hydrogen-bond donors (Lipinski definition) is 0. The molecule has 0 atom stereocenters. The van der Waals surface area contributed by atoms with Gasteiger partial charge < -0.3 is 9.38 Å². The van der Waals surface area contributed by atoms with Gasteiger partial charge in [-0.3, -0.25) is 0 Å². The molecule has 0 amide bonds. The molecule has 0 unspecified atom stereocenters. The highest BCUT2D eigenvalue weighted by molar-refractivity contribution is 4.49. The van der Waals surface area contributed by atoms with Gasteiger partial charge in [-0.15, -0.1) is 0 Å². The van der Waals surface area contributed by atoms with E-state index in [9.17, 15) is 0 Å². The summed E-state index contributed by atoms with van der Waals surface area (Å²) in [4.78, 5) is 2.29. The van der Waals surface area contributed by atoms with Crippen molar-refractivity contribution in [2.24, 2.45) is 0 Å². The molecule has 0 aliphatic carbocycles. The van der Waals surface area contributed by atoms with E-state index >= 15 is 0 Å². The molecular weight excluding hydrogens is 220 g/mol. The van der Waals surface area contributed by atoms with Gasteiger partial charge in [-0.25, -0.2) is 0 Å². The molecule has 0 aromatic carbocycles. The molecule has 0 aromatic heterocycles. The Hall–Kier alpha value is -0.0800. The predicted octanol–water partition coefficient (Wildman–Crippen LogP) is 3.77. The van der Waals surface area contributed by atoms with Crippen LogP contribution in [0, 0.1) is 0 Å². The SMILES string of the molecule is CN(C)CCCCCCCCCCC[N+](C)(C)C. The molecule has 2 nitrogen and oxygen atoms in total. The fraction of sp³-hybridized carbons (Fsp3) is 1.00. The van der Waals surface area contributed by atoms with E-state index in [1.807, 2.05) is 0 Å². The second kappa shape index (κ2) is 10.8. The first kappa shape index (κ1) is 17.9. The zero-order valence-corrected chi connectivity index (χ0v) is 13.7. The van der Waals surface area contributed by atoms with E-state index in [0.29, 0.717) is 0 Å². The maximum Gasteiger partial charge on any atom is 0.0780 e. The quantitative estimate of drug-likeness (QED) is 0.380. The number of nitrogens with zero attached hydrogens (tertiary/aromatic N) is 2. The van der Waals surface area contributed by atoms with Crippen LogP contribution >= 0.6 is 0 Å². The molecule has 0 saturated heterocycles. The van der Waals surface area contributed by atoms with Gasteiger partial charge in [0.05, 0.1) is 27.7 Å². The van der Waals surface area contributed by atoms with E-state index in [2.05, 4.69) is 40.1 Å². The van der Waals surface area contributed by atoms with Crippen molar-refractivity contribution in [3.05, 3.63) is 0 Å². The summed E-state index contributed by atoms with van der Waals surface area (Å²) >= 11 is 0. The lowest BCUT2D eigenvalue weighted by Gasteiger charge is -2.23. The summed E-state index contributed by atoms with van der Waals surface area (Å²) in [6.07, 6.45) is 12.8. The summed E-state index contributed by atoms with van der Waals surface area (Å²) < 4.78 is 1.12. The molecule has 0 heterocycles. The summed E-state index contributed by atoms with van der Waals surface area (Å²) in [5.41, 5.74) is 0. The molecule has 0 fully saturated rings. The molecular formula is C16H37N2+. The highest BCUT2D eigenvalue weighted by Crippen LogP contribution is 2.10. The molecule has 0 aliphatic heterocycles. The van der Waals surface area contributed by atoms with Gasteiger partial charge in [-0.05, 0) is 39.9 Å². The van der Waals surface area contributed by atoms with Crippen LogP contribution in [-0.2, 0) is 0 Å². The van der Waals surface area contributed by atoms with Crippen LogP contribution < -0.4 is 0 Å². The normalized spacial score (nSPS) is 12.3. The fourth-order valence-corrected chi connectivity index (χ4v) is 2.25. The van der Waals surface area contributed by atoms with Crippen molar-refractivity contribution in [3.63, 3.8) is 0 Å². The number of rotatable bonds is 12. The van der Waals surface area contributed by atoms with Gasteiger partial charge in [0.1, 0.15) is 0 Å². The second-order valence-corrected chi connectivity index (χ2v) is 7.00. The standard InChI is InChI=1S/C16H37N2/c1-17(2)15-13-11-9-7-6-8-10-12-14-16-18(3,4)5/h6-16H2,1-5H3/q+1. The maximum absolute atomic E-state index is 2.29. The average molecular weight is 257 g/mol. The minimum absolute atomic E-state index is 1.12. The molecule has 0 spiro atoms. The largest absolute Gasteiger partial charge is 0.331 e. The Morgan fingerprint density at radius 1 is 0.611 bits per heavy atom. The van der Waals surface area contributed by atoms with Gasteiger partial charge >= 0.3 is 0 Å².